The third-order valence-corrected chi connectivity index (χ3v) is 4.76. The van der Waals surface area contributed by atoms with Crippen LogP contribution in [-0.2, 0) is 5.60 Å². The molecule has 1 saturated heterocycles. The zero-order valence-electron chi connectivity index (χ0n) is 8.79. The molecule has 1 aromatic heterocycles. The van der Waals surface area contributed by atoms with Crippen molar-refractivity contribution in [3.05, 3.63) is 21.3 Å². The Bertz CT molecular complexity index is 341. The normalized spacial score (nSPS) is 31.8. The van der Waals surface area contributed by atoms with E-state index in [1.807, 2.05) is 11.4 Å². The van der Waals surface area contributed by atoms with Gasteiger partial charge < -0.3 is 10.4 Å². The molecule has 4 heteroatoms. The molecule has 2 nitrogen and oxygen atoms in total. The van der Waals surface area contributed by atoms with Crippen molar-refractivity contribution < 1.29 is 5.11 Å². The number of aliphatic hydroxyl groups is 1. The maximum absolute atomic E-state index is 10.8. The number of hydrogen-bond donors (Lipinski definition) is 2. The number of thiophene rings is 1. The molecular formula is C11H16ClNOS. The van der Waals surface area contributed by atoms with Gasteiger partial charge in [-0.05, 0) is 30.8 Å². The van der Waals surface area contributed by atoms with Crippen LogP contribution in [0, 0.1) is 5.92 Å². The molecule has 1 aliphatic rings. The third kappa shape index (κ3) is 1.94. The zero-order valence-corrected chi connectivity index (χ0v) is 10.4. The molecule has 15 heavy (non-hydrogen) atoms. The van der Waals surface area contributed by atoms with Gasteiger partial charge in [-0.3, -0.25) is 0 Å². The number of halogens is 1. The molecule has 0 bridgehead atoms. The van der Waals surface area contributed by atoms with E-state index in [0.717, 1.165) is 30.8 Å². The summed E-state index contributed by atoms with van der Waals surface area (Å²) in [6, 6.07) is 1.87. The Hall–Kier alpha value is -0.0900. The topological polar surface area (TPSA) is 32.3 Å². The van der Waals surface area contributed by atoms with E-state index in [0.29, 0.717) is 5.02 Å². The first-order valence-corrected chi connectivity index (χ1v) is 6.60. The van der Waals surface area contributed by atoms with E-state index >= 15 is 0 Å². The Morgan fingerprint density at radius 2 is 2.53 bits per heavy atom. The smallest absolute Gasteiger partial charge is 0.105 e. The lowest BCUT2D eigenvalue weighted by Crippen LogP contribution is -2.47. The maximum atomic E-state index is 10.8. The van der Waals surface area contributed by atoms with Crippen LogP contribution in [0.25, 0.3) is 0 Å². The number of piperidine rings is 1. The fourth-order valence-corrected chi connectivity index (χ4v) is 3.74. The van der Waals surface area contributed by atoms with Crippen LogP contribution in [-0.4, -0.2) is 18.2 Å². The summed E-state index contributed by atoms with van der Waals surface area (Å²) in [7, 11) is 0. The van der Waals surface area contributed by atoms with Crippen LogP contribution in [0.3, 0.4) is 0 Å². The van der Waals surface area contributed by atoms with Gasteiger partial charge in [-0.25, -0.2) is 0 Å². The highest BCUT2D eigenvalue weighted by atomic mass is 35.5. The van der Waals surface area contributed by atoms with Gasteiger partial charge in [0.1, 0.15) is 5.60 Å². The third-order valence-electron chi connectivity index (χ3n) is 3.25. The van der Waals surface area contributed by atoms with E-state index in [1.165, 1.54) is 0 Å². The monoisotopic (exact) mass is 245 g/mol. The van der Waals surface area contributed by atoms with Crippen molar-refractivity contribution >= 4 is 22.9 Å². The predicted octanol–water partition coefficient (Wildman–Crippen LogP) is 2.61. The van der Waals surface area contributed by atoms with Gasteiger partial charge in [-0.1, -0.05) is 18.5 Å². The maximum Gasteiger partial charge on any atom is 0.105 e. The second-order valence-electron chi connectivity index (χ2n) is 4.08. The Morgan fingerprint density at radius 1 is 1.73 bits per heavy atom. The van der Waals surface area contributed by atoms with E-state index in [2.05, 4.69) is 12.2 Å². The Labute approximate surface area is 99.3 Å². The van der Waals surface area contributed by atoms with Crippen molar-refractivity contribution in [2.75, 3.05) is 13.1 Å². The predicted molar refractivity (Wildman–Crippen MR) is 64.5 cm³/mol. The van der Waals surface area contributed by atoms with Crippen molar-refractivity contribution in [1.82, 2.24) is 5.32 Å². The Balaban J connectivity index is 2.34. The van der Waals surface area contributed by atoms with Crippen molar-refractivity contribution in [1.29, 1.82) is 0 Å². The first kappa shape index (κ1) is 11.4. The van der Waals surface area contributed by atoms with E-state index in [4.69, 9.17) is 11.6 Å². The van der Waals surface area contributed by atoms with Crippen molar-refractivity contribution in [2.45, 2.75) is 25.4 Å². The minimum Gasteiger partial charge on any atom is -0.384 e. The summed E-state index contributed by atoms with van der Waals surface area (Å²) < 4.78 is 0. The van der Waals surface area contributed by atoms with Crippen molar-refractivity contribution in [2.24, 2.45) is 5.92 Å². The number of hydrogen-bond acceptors (Lipinski definition) is 3. The molecule has 0 amide bonds. The summed E-state index contributed by atoms with van der Waals surface area (Å²) in [5, 5.41) is 16.7. The van der Waals surface area contributed by atoms with Crippen LogP contribution < -0.4 is 5.32 Å². The Morgan fingerprint density at radius 3 is 3.13 bits per heavy atom. The standard InChI is InChI=1S/C11H16ClNOS/c1-2-8-7-13-5-4-11(8,14)10-9(12)3-6-15-10/h3,6,8,13-14H,2,4-5,7H2,1H3. The van der Waals surface area contributed by atoms with E-state index in [9.17, 15) is 5.11 Å². The highest BCUT2D eigenvalue weighted by Crippen LogP contribution is 2.42. The zero-order chi connectivity index (χ0) is 10.9. The number of rotatable bonds is 2. The largest absolute Gasteiger partial charge is 0.384 e. The lowest BCUT2D eigenvalue weighted by Gasteiger charge is -2.39. The lowest BCUT2D eigenvalue weighted by atomic mass is 9.79. The summed E-state index contributed by atoms with van der Waals surface area (Å²) in [4.78, 5) is 0.942. The molecule has 0 spiro atoms. The molecule has 84 valence electrons. The molecule has 0 radical (unpaired) electrons. The van der Waals surface area contributed by atoms with Crippen LogP contribution in [0.2, 0.25) is 5.02 Å². The number of nitrogens with one attached hydrogen (secondary N) is 1. The van der Waals surface area contributed by atoms with Crippen LogP contribution in [0.4, 0.5) is 0 Å². The van der Waals surface area contributed by atoms with E-state index < -0.39 is 5.60 Å². The fourth-order valence-electron chi connectivity index (χ4n) is 2.31. The van der Waals surface area contributed by atoms with Gasteiger partial charge in [-0.15, -0.1) is 11.3 Å². The molecule has 2 N–H and O–H groups in total. The van der Waals surface area contributed by atoms with Gasteiger partial charge in [0.15, 0.2) is 0 Å². The molecule has 1 aliphatic heterocycles. The van der Waals surface area contributed by atoms with Crippen molar-refractivity contribution in [3.8, 4) is 0 Å². The second kappa shape index (κ2) is 4.42. The van der Waals surface area contributed by atoms with Crippen molar-refractivity contribution in [3.63, 3.8) is 0 Å². The summed E-state index contributed by atoms with van der Waals surface area (Å²) >= 11 is 7.68. The molecule has 2 unspecified atom stereocenters. The fraction of sp³-hybridized carbons (Fsp3) is 0.636. The first-order chi connectivity index (χ1) is 7.18. The van der Waals surface area contributed by atoms with Gasteiger partial charge in [0.05, 0.1) is 9.90 Å². The summed E-state index contributed by atoms with van der Waals surface area (Å²) in [6.45, 7) is 3.85. The average molecular weight is 246 g/mol. The molecular weight excluding hydrogens is 230 g/mol. The van der Waals surface area contributed by atoms with Crippen LogP contribution in [0.5, 0.6) is 0 Å². The van der Waals surface area contributed by atoms with Gasteiger partial charge in [-0.2, -0.15) is 0 Å². The van der Waals surface area contributed by atoms with Gasteiger partial charge in [0.25, 0.3) is 0 Å². The molecule has 0 saturated carbocycles. The SMILES string of the molecule is CCC1CNCCC1(O)c1sccc1Cl. The molecule has 0 aliphatic carbocycles. The van der Waals surface area contributed by atoms with Gasteiger partial charge >= 0.3 is 0 Å². The molecule has 2 atom stereocenters. The highest BCUT2D eigenvalue weighted by molar-refractivity contribution is 7.10. The molecule has 1 fully saturated rings. The molecule has 2 rings (SSSR count). The minimum atomic E-state index is -0.717. The van der Waals surface area contributed by atoms with E-state index in [-0.39, 0.29) is 5.92 Å². The van der Waals surface area contributed by atoms with Crippen LogP contribution in [0.1, 0.15) is 24.6 Å². The quantitative estimate of drug-likeness (QED) is 0.840. The average Bonchev–Trinajstić information content (AvgIpc) is 2.66. The molecule has 1 aromatic rings. The summed E-state index contributed by atoms with van der Waals surface area (Å²) in [6.07, 6.45) is 1.73. The van der Waals surface area contributed by atoms with Crippen LogP contribution in [0.15, 0.2) is 11.4 Å². The highest BCUT2D eigenvalue weighted by Gasteiger charge is 2.41. The van der Waals surface area contributed by atoms with Crippen LogP contribution >= 0.6 is 22.9 Å². The summed E-state index contributed by atoms with van der Waals surface area (Å²) in [5.74, 6) is 0.266. The van der Waals surface area contributed by atoms with Gasteiger partial charge in [0, 0.05) is 12.5 Å². The van der Waals surface area contributed by atoms with E-state index in [1.54, 1.807) is 11.3 Å². The molecule has 0 aromatic carbocycles. The second-order valence-corrected chi connectivity index (χ2v) is 5.40. The first-order valence-electron chi connectivity index (χ1n) is 5.35. The summed E-state index contributed by atoms with van der Waals surface area (Å²) in [5.41, 5.74) is -0.717. The lowest BCUT2D eigenvalue weighted by molar-refractivity contribution is -0.0446. The van der Waals surface area contributed by atoms with Gasteiger partial charge in [0.2, 0.25) is 0 Å². The molecule has 2 heterocycles. The Kier molecular flexibility index (Phi) is 3.36. The minimum absolute atomic E-state index is 0.266.